The molecule has 0 radical (unpaired) electrons. The molecule has 0 saturated carbocycles. The number of aryl methyl sites for hydroxylation is 2. The van der Waals surface area contributed by atoms with E-state index in [0.29, 0.717) is 29.7 Å². The van der Waals surface area contributed by atoms with Crippen LogP contribution in [0, 0.1) is 6.92 Å². The van der Waals surface area contributed by atoms with Crippen LogP contribution in [0.5, 0.6) is 5.75 Å². The highest BCUT2D eigenvalue weighted by Gasteiger charge is 2.25. The van der Waals surface area contributed by atoms with Crippen molar-refractivity contribution in [3.8, 4) is 5.75 Å². The van der Waals surface area contributed by atoms with E-state index in [1.807, 2.05) is 43.3 Å². The van der Waals surface area contributed by atoms with Crippen molar-refractivity contribution in [3.05, 3.63) is 75.1 Å². The summed E-state index contributed by atoms with van der Waals surface area (Å²) < 4.78 is 16.4. The number of ether oxygens (including phenoxy) is 2. The molecule has 172 valence electrons. The van der Waals surface area contributed by atoms with E-state index in [1.54, 1.807) is 13.0 Å². The molecule has 1 aliphatic rings. The van der Waals surface area contributed by atoms with E-state index < -0.39 is 18.1 Å². The highest BCUT2D eigenvalue weighted by atomic mass is 16.6. The SMILES string of the molecule is CCC[C@@H](NC(=O)OCc1ccccc1)C(=O)Oc1ccc2c3c(c(=O)oc2c1C)CCC3. The van der Waals surface area contributed by atoms with Gasteiger partial charge in [-0.05, 0) is 55.9 Å². The lowest BCUT2D eigenvalue weighted by atomic mass is 10.0. The molecule has 2 aromatic carbocycles. The predicted molar refractivity (Wildman–Crippen MR) is 123 cm³/mol. The van der Waals surface area contributed by atoms with Crippen LogP contribution in [-0.2, 0) is 29.0 Å². The average Bonchev–Trinajstić information content (AvgIpc) is 3.31. The molecule has 1 atom stereocenters. The van der Waals surface area contributed by atoms with Crippen molar-refractivity contribution >= 4 is 23.0 Å². The Labute approximate surface area is 191 Å². The van der Waals surface area contributed by atoms with Crippen LogP contribution in [-0.4, -0.2) is 18.1 Å². The normalized spacial score (nSPS) is 13.4. The van der Waals surface area contributed by atoms with Gasteiger partial charge in [0.1, 0.15) is 24.0 Å². The Morgan fingerprint density at radius 2 is 1.85 bits per heavy atom. The molecule has 7 heteroatoms. The average molecular weight is 450 g/mol. The topological polar surface area (TPSA) is 94.8 Å². The maximum atomic E-state index is 12.9. The van der Waals surface area contributed by atoms with Crippen LogP contribution in [0.1, 0.15) is 48.4 Å². The van der Waals surface area contributed by atoms with Crippen LogP contribution in [0.2, 0.25) is 0 Å². The lowest BCUT2D eigenvalue weighted by Crippen LogP contribution is -2.43. The summed E-state index contributed by atoms with van der Waals surface area (Å²) in [6.07, 6.45) is 2.87. The summed E-state index contributed by atoms with van der Waals surface area (Å²) in [7, 11) is 0. The number of amides is 1. The highest BCUT2D eigenvalue weighted by Crippen LogP contribution is 2.33. The van der Waals surface area contributed by atoms with Gasteiger partial charge in [0, 0.05) is 16.5 Å². The zero-order valence-electron chi connectivity index (χ0n) is 18.8. The minimum Gasteiger partial charge on any atom is -0.445 e. The Kier molecular flexibility index (Phi) is 6.77. The first-order valence-corrected chi connectivity index (χ1v) is 11.2. The first-order valence-electron chi connectivity index (χ1n) is 11.2. The fourth-order valence-electron chi connectivity index (χ4n) is 4.20. The first-order chi connectivity index (χ1) is 16.0. The molecule has 4 rings (SSSR count). The number of esters is 1. The Balaban J connectivity index is 1.48. The van der Waals surface area contributed by atoms with Gasteiger partial charge in [0.05, 0.1) is 0 Å². The number of rotatable bonds is 7. The summed E-state index contributed by atoms with van der Waals surface area (Å²) in [4.78, 5) is 37.5. The minimum absolute atomic E-state index is 0.105. The zero-order valence-corrected chi connectivity index (χ0v) is 18.8. The van der Waals surface area contributed by atoms with E-state index in [1.165, 1.54) is 0 Å². The maximum absolute atomic E-state index is 12.9. The molecule has 0 fully saturated rings. The molecule has 0 saturated heterocycles. The summed E-state index contributed by atoms with van der Waals surface area (Å²) in [6.45, 7) is 3.77. The van der Waals surface area contributed by atoms with Crippen LogP contribution in [0.25, 0.3) is 11.0 Å². The summed E-state index contributed by atoms with van der Waals surface area (Å²) >= 11 is 0. The number of carbonyl (C=O) groups is 2. The molecule has 1 aliphatic carbocycles. The second-order valence-electron chi connectivity index (χ2n) is 8.23. The van der Waals surface area contributed by atoms with Gasteiger partial charge in [-0.15, -0.1) is 0 Å². The van der Waals surface area contributed by atoms with Gasteiger partial charge in [-0.2, -0.15) is 0 Å². The van der Waals surface area contributed by atoms with E-state index >= 15 is 0 Å². The standard InChI is InChI=1S/C26H27NO6/c1-3-8-21(27-26(30)31-15-17-9-5-4-6-10-17)25(29)32-22-14-13-19-18-11-7-12-20(18)24(28)33-23(19)16(22)2/h4-6,9-10,13-14,21H,3,7-8,11-12,15H2,1-2H3,(H,27,30)/t21-/m1/s1. The minimum atomic E-state index is -0.861. The Hall–Kier alpha value is -3.61. The molecule has 1 aromatic heterocycles. The number of nitrogens with one attached hydrogen (secondary N) is 1. The molecule has 0 spiro atoms. The Bertz CT molecular complexity index is 1230. The van der Waals surface area contributed by atoms with Crippen molar-refractivity contribution in [3.63, 3.8) is 0 Å². The third-order valence-electron chi connectivity index (χ3n) is 5.92. The first kappa shape index (κ1) is 22.6. The van der Waals surface area contributed by atoms with Crippen LogP contribution in [0.15, 0.2) is 51.7 Å². The van der Waals surface area contributed by atoms with Crippen molar-refractivity contribution in [1.29, 1.82) is 0 Å². The van der Waals surface area contributed by atoms with Gasteiger partial charge in [0.25, 0.3) is 0 Å². The number of alkyl carbamates (subject to hydrolysis) is 1. The molecular weight excluding hydrogens is 422 g/mol. The van der Waals surface area contributed by atoms with Crippen LogP contribution < -0.4 is 15.7 Å². The Morgan fingerprint density at radius 3 is 2.61 bits per heavy atom. The Morgan fingerprint density at radius 1 is 1.09 bits per heavy atom. The van der Waals surface area contributed by atoms with Crippen LogP contribution in [0.3, 0.4) is 0 Å². The molecular formula is C26H27NO6. The van der Waals surface area contributed by atoms with Gasteiger partial charge in [0.2, 0.25) is 0 Å². The van der Waals surface area contributed by atoms with Crippen molar-refractivity contribution in [1.82, 2.24) is 5.32 Å². The predicted octanol–water partition coefficient (Wildman–Crippen LogP) is 4.59. The molecule has 33 heavy (non-hydrogen) atoms. The molecule has 0 unspecified atom stereocenters. The molecule has 1 N–H and O–H groups in total. The second kappa shape index (κ2) is 9.90. The van der Waals surface area contributed by atoms with E-state index in [2.05, 4.69) is 5.32 Å². The maximum Gasteiger partial charge on any atom is 0.408 e. The summed E-state index contributed by atoms with van der Waals surface area (Å²) in [6, 6.07) is 12.0. The number of carbonyl (C=O) groups excluding carboxylic acids is 2. The van der Waals surface area contributed by atoms with Gasteiger partial charge in [-0.25, -0.2) is 14.4 Å². The number of hydrogen-bond donors (Lipinski definition) is 1. The van der Waals surface area contributed by atoms with Crippen molar-refractivity contribution in [2.24, 2.45) is 0 Å². The second-order valence-corrected chi connectivity index (χ2v) is 8.23. The monoisotopic (exact) mass is 449 g/mol. The highest BCUT2D eigenvalue weighted by molar-refractivity contribution is 5.88. The summed E-state index contributed by atoms with van der Waals surface area (Å²) in [5.74, 6) is -0.298. The lowest BCUT2D eigenvalue weighted by Gasteiger charge is -2.18. The van der Waals surface area contributed by atoms with Gasteiger partial charge in [0.15, 0.2) is 0 Å². The molecule has 7 nitrogen and oxygen atoms in total. The fraction of sp³-hybridized carbons (Fsp3) is 0.346. The largest absolute Gasteiger partial charge is 0.445 e. The van der Waals surface area contributed by atoms with Crippen molar-refractivity contribution < 1.29 is 23.5 Å². The molecule has 1 heterocycles. The van der Waals surface area contributed by atoms with E-state index in [-0.39, 0.29) is 12.2 Å². The van der Waals surface area contributed by atoms with Crippen molar-refractivity contribution in [2.75, 3.05) is 0 Å². The van der Waals surface area contributed by atoms with Crippen LogP contribution >= 0.6 is 0 Å². The van der Waals surface area contributed by atoms with Gasteiger partial charge < -0.3 is 19.2 Å². The number of hydrogen-bond acceptors (Lipinski definition) is 6. The molecule has 1 amide bonds. The fourth-order valence-corrected chi connectivity index (χ4v) is 4.20. The number of fused-ring (bicyclic) bond motifs is 3. The number of benzene rings is 2. The third-order valence-corrected chi connectivity index (χ3v) is 5.92. The van der Waals surface area contributed by atoms with E-state index in [0.717, 1.165) is 41.3 Å². The van der Waals surface area contributed by atoms with Gasteiger partial charge in [-0.1, -0.05) is 43.7 Å². The third kappa shape index (κ3) is 4.92. The summed E-state index contributed by atoms with van der Waals surface area (Å²) in [5, 5.41) is 3.48. The van der Waals surface area contributed by atoms with Crippen molar-refractivity contribution in [2.45, 2.75) is 58.6 Å². The molecule has 0 aliphatic heterocycles. The lowest BCUT2D eigenvalue weighted by molar-refractivity contribution is -0.136. The van der Waals surface area contributed by atoms with E-state index in [9.17, 15) is 14.4 Å². The quantitative estimate of drug-likeness (QED) is 0.322. The molecule has 3 aromatic rings. The van der Waals surface area contributed by atoms with Crippen LogP contribution in [0.4, 0.5) is 4.79 Å². The smallest absolute Gasteiger partial charge is 0.408 e. The van der Waals surface area contributed by atoms with E-state index in [4.69, 9.17) is 13.9 Å². The van der Waals surface area contributed by atoms with Gasteiger partial charge in [-0.3, -0.25) is 0 Å². The summed E-state index contributed by atoms with van der Waals surface area (Å²) in [5.41, 5.74) is 3.31. The molecule has 0 bridgehead atoms. The van der Waals surface area contributed by atoms with Gasteiger partial charge >= 0.3 is 17.7 Å². The zero-order chi connectivity index (χ0) is 23.4.